The van der Waals surface area contributed by atoms with Gasteiger partial charge in [-0.25, -0.2) is 0 Å². The highest BCUT2D eigenvalue weighted by Crippen LogP contribution is 2.46. The monoisotopic (exact) mass is 340 g/mol. The quantitative estimate of drug-likeness (QED) is 0.571. The molecule has 0 spiro atoms. The molecule has 1 N–H and O–H groups in total. The first-order valence-corrected chi connectivity index (χ1v) is 8.11. The Morgan fingerprint density at radius 1 is 1.32 bits per heavy atom. The summed E-state index contributed by atoms with van der Waals surface area (Å²) < 4.78 is 22.9. The third-order valence-electron chi connectivity index (χ3n) is 5.14. The van der Waals surface area contributed by atoms with E-state index in [1.165, 1.54) is 13.2 Å². The van der Waals surface area contributed by atoms with Gasteiger partial charge >= 0.3 is 0 Å². The Bertz CT molecular complexity index is 1090. The topological polar surface area (TPSA) is 81.4 Å². The Balaban J connectivity index is 1.86. The summed E-state index contributed by atoms with van der Waals surface area (Å²) in [5.41, 5.74) is 0.842. The van der Waals surface area contributed by atoms with E-state index in [0.29, 0.717) is 40.9 Å². The zero-order valence-corrected chi connectivity index (χ0v) is 13.8. The molecule has 0 saturated carbocycles. The predicted molar refractivity (Wildman–Crippen MR) is 90.7 cm³/mol. The fourth-order valence-corrected chi connectivity index (χ4v) is 3.51. The first-order chi connectivity index (χ1) is 12.0. The molecule has 2 atom stereocenters. The van der Waals surface area contributed by atoms with E-state index in [2.05, 4.69) is 0 Å². The van der Waals surface area contributed by atoms with Gasteiger partial charge in [-0.05, 0) is 19.1 Å². The minimum Gasteiger partial charge on any atom is -0.504 e. The second kappa shape index (κ2) is 4.67. The maximum absolute atomic E-state index is 13.0. The summed E-state index contributed by atoms with van der Waals surface area (Å²) in [5.74, 6) is 0.959. The lowest BCUT2D eigenvalue weighted by Crippen LogP contribution is -2.30. The fraction of sp³-hybridized carbons (Fsp3) is 0.316. The van der Waals surface area contributed by atoms with E-state index < -0.39 is 0 Å². The van der Waals surface area contributed by atoms with E-state index in [1.54, 1.807) is 18.2 Å². The number of aromatic hydroxyl groups is 1. The summed E-state index contributed by atoms with van der Waals surface area (Å²) in [6.45, 7) is 2.65. The number of fused-ring (bicyclic) bond motifs is 4. The van der Waals surface area contributed by atoms with Crippen molar-refractivity contribution in [2.75, 3.05) is 13.7 Å². The van der Waals surface area contributed by atoms with E-state index >= 15 is 0 Å². The zero-order chi connectivity index (χ0) is 17.3. The molecule has 0 bridgehead atoms. The summed E-state index contributed by atoms with van der Waals surface area (Å²) in [6, 6.07) is 6.47. The molecule has 2 aliphatic rings. The van der Waals surface area contributed by atoms with Gasteiger partial charge in [0.05, 0.1) is 19.1 Å². The van der Waals surface area contributed by atoms with E-state index in [-0.39, 0.29) is 28.5 Å². The largest absolute Gasteiger partial charge is 0.504 e. The Kier molecular flexibility index (Phi) is 2.73. The van der Waals surface area contributed by atoms with Crippen LogP contribution in [0, 0.1) is 0 Å². The number of epoxide rings is 1. The highest BCUT2D eigenvalue weighted by atomic mass is 16.6. The highest BCUT2D eigenvalue weighted by Gasteiger charge is 2.51. The molecule has 3 heterocycles. The van der Waals surface area contributed by atoms with Gasteiger partial charge in [0.15, 0.2) is 11.3 Å². The summed E-state index contributed by atoms with van der Waals surface area (Å²) in [7, 11) is 1.50. The van der Waals surface area contributed by atoms with Crippen LogP contribution in [0.5, 0.6) is 17.2 Å². The van der Waals surface area contributed by atoms with Gasteiger partial charge < -0.3 is 23.7 Å². The molecule has 2 aliphatic heterocycles. The number of phenols is 1. The van der Waals surface area contributed by atoms with Crippen molar-refractivity contribution in [1.82, 2.24) is 0 Å². The van der Waals surface area contributed by atoms with Crippen molar-refractivity contribution in [3.63, 3.8) is 0 Å². The van der Waals surface area contributed by atoms with Crippen LogP contribution in [-0.4, -0.2) is 30.5 Å². The SMILES string of the molecule is COc1cc2c(c3oc4c(O)cccc4c(=O)c13)C[C@@H]([C@]1(C)CO1)O2. The van der Waals surface area contributed by atoms with Crippen LogP contribution in [0.25, 0.3) is 21.9 Å². The minimum absolute atomic E-state index is 0.0685. The van der Waals surface area contributed by atoms with Crippen LogP contribution >= 0.6 is 0 Å². The first kappa shape index (κ1) is 14.6. The third-order valence-corrected chi connectivity index (χ3v) is 5.14. The molecule has 2 aromatic carbocycles. The molecule has 6 nitrogen and oxygen atoms in total. The third kappa shape index (κ3) is 1.91. The molecule has 0 radical (unpaired) electrons. The molecule has 6 heteroatoms. The molecule has 0 aliphatic carbocycles. The number of para-hydroxylation sites is 1. The van der Waals surface area contributed by atoms with Crippen LogP contribution in [0.3, 0.4) is 0 Å². The number of rotatable bonds is 2. The summed E-state index contributed by atoms with van der Waals surface area (Å²) >= 11 is 0. The average molecular weight is 340 g/mol. The second-order valence-corrected chi connectivity index (χ2v) is 6.76. The van der Waals surface area contributed by atoms with Crippen LogP contribution in [0.1, 0.15) is 12.5 Å². The van der Waals surface area contributed by atoms with Gasteiger partial charge in [-0.15, -0.1) is 0 Å². The lowest BCUT2D eigenvalue weighted by molar-refractivity contribution is 0.127. The van der Waals surface area contributed by atoms with Crippen molar-refractivity contribution in [3.05, 3.63) is 40.1 Å². The Hall–Kier alpha value is -2.73. The smallest absolute Gasteiger partial charge is 0.204 e. The van der Waals surface area contributed by atoms with Crippen molar-refractivity contribution in [2.24, 2.45) is 0 Å². The summed E-state index contributed by atoms with van der Waals surface area (Å²) in [4.78, 5) is 13.0. The number of phenolic OH excluding ortho intramolecular Hbond substituents is 1. The Morgan fingerprint density at radius 3 is 2.84 bits per heavy atom. The molecule has 128 valence electrons. The Labute approximate surface area is 142 Å². The maximum Gasteiger partial charge on any atom is 0.204 e. The van der Waals surface area contributed by atoms with Gasteiger partial charge in [0.2, 0.25) is 5.43 Å². The molecular formula is C19H16O6. The van der Waals surface area contributed by atoms with Crippen molar-refractivity contribution in [3.8, 4) is 17.2 Å². The van der Waals surface area contributed by atoms with Crippen LogP contribution in [0.15, 0.2) is 33.5 Å². The van der Waals surface area contributed by atoms with E-state index in [9.17, 15) is 9.90 Å². The number of hydrogen-bond acceptors (Lipinski definition) is 6. The van der Waals surface area contributed by atoms with Gasteiger partial charge in [0.25, 0.3) is 0 Å². The summed E-state index contributed by atoms with van der Waals surface area (Å²) in [5, 5.41) is 10.8. The fourth-order valence-electron chi connectivity index (χ4n) is 3.51. The van der Waals surface area contributed by atoms with Gasteiger partial charge in [-0.3, -0.25) is 4.79 Å². The summed E-state index contributed by atoms with van der Waals surface area (Å²) in [6.07, 6.45) is 0.442. The molecule has 1 fully saturated rings. The van der Waals surface area contributed by atoms with E-state index in [4.69, 9.17) is 18.6 Å². The molecule has 0 unspecified atom stereocenters. The minimum atomic E-state index is -0.308. The number of ether oxygens (including phenoxy) is 3. The second-order valence-electron chi connectivity index (χ2n) is 6.76. The van der Waals surface area contributed by atoms with Crippen molar-refractivity contribution >= 4 is 21.9 Å². The molecule has 1 saturated heterocycles. The molecular weight excluding hydrogens is 324 g/mol. The van der Waals surface area contributed by atoms with E-state index in [0.717, 1.165) is 5.56 Å². The molecule has 25 heavy (non-hydrogen) atoms. The number of benzene rings is 2. The Morgan fingerprint density at radius 2 is 2.12 bits per heavy atom. The molecule has 0 amide bonds. The number of hydrogen-bond donors (Lipinski definition) is 1. The van der Waals surface area contributed by atoms with Gasteiger partial charge in [-0.2, -0.15) is 0 Å². The van der Waals surface area contributed by atoms with Crippen LogP contribution < -0.4 is 14.9 Å². The zero-order valence-electron chi connectivity index (χ0n) is 13.8. The standard InChI is InChI=1S/C19H16O6/c1-19(8-23-19)14-6-10-12(24-14)7-13(22-2)15-16(21)9-4-3-5-11(20)17(9)25-18(10)15/h3-5,7,14,20H,6,8H2,1-2H3/t14-,19-/m0/s1. The van der Waals surface area contributed by atoms with Crippen LogP contribution in [-0.2, 0) is 11.2 Å². The van der Waals surface area contributed by atoms with Crippen molar-refractivity contribution in [1.29, 1.82) is 0 Å². The highest BCUT2D eigenvalue weighted by molar-refractivity contribution is 5.97. The maximum atomic E-state index is 13.0. The van der Waals surface area contributed by atoms with Gasteiger partial charge in [0.1, 0.15) is 34.2 Å². The average Bonchev–Trinajstić information content (AvgIpc) is 3.20. The number of methoxy groups -OCH3 is 1. The normalized spacial score (nSPS) is 24.3. The first-order valence-electron chi connectivity index (χ1n) is 8.11. The lowest BCUT2D eigenvalue weighted by Gasteiger charge is -2.14. The van der Waals surface area contributed by atoms with Crippen LogP contribution in [0.2, 0.25) is 0 Å². The van der Waals surface area contributed by atoms with E-state index in [1.807, 2.05) is 6.92 Å². The molecule has 3 aromatic rings. The van der Waals surface area contributed by atoms with Gasteiger partial charge in [-0.1, -0.05) is 6.07 Å². The lowest BCUT2D eigenvalue weighted by atomic mass is 9.98. The van der Waals surface area contributed by atoms with Crippen molar-refractivity contribution < 1.29 is 23.7 Å². The molecule has 1 aromatic heterocycles. The van der Waals surface area contributed by atoms with Gasteiger partial charge in [0, 0.05) is 18.1 Å². The van der Waals surface area contributed by atoms with Crippen molar-refractivity contribution in [2.45, 2.75) is 25.0 Å². The predicted octanol–water partition coefficient (Wildman–Crippen LogP) is 2.75. The van der Waals surface area contributed by atoms with Crippen LogP contribution in [0.4, 0.5) is 0 Å². The molecule has 5 rings (SSSR count).